The van der Waals surface area contributed by atoms with E-state index in [-0.39, 0.29) is 13.2 Å². The predicted molar refractivity (Wildman–Crippen MR) is 124 cm³/mol. The molecule has 4 aromatic rings. The molecule has 31 heavy (non-hydrogen) atoms. The molecular weight excluding hydrogens is 434 g/mol. The molecule has 0 fully saturated rings. The summed E-state index contributed by atoms with van der Waals surface area (Å²) in [7, 11) is 1.33. The van der Waals surface area contributed by atoms with Gasteiger partial charge in [0.2, 0.25) is 0 Å². The van der Waals surface area contributed by atoms with Crippen molar-refractivity contribution in [1.82, 2.24) is 0 Å². The molecule has 0 saturated heterocycles. The van der Waals surface area contributed by atoms with Crippen LogP contribution >= 0.6 is 22.7 Å². The molecule has 0 aliphatic rings. The number of rotatable bonds is 8. The van der Waals surface area contributed by atoms with E-state index in [1.165, 1.54) is 35.3 Å². The molecule has 8 heteroatoms. The van der Waals surface area contributed by atoms with Crippen LogP contribution < -0.4 is 10.1 Å². The molecule has 0 aliphatic carbocycles. The Bertz CT molecular complexity index is 1230. The minimum Gasteiger partial charge on any atom is -0.479 e. The third-order valence-electron chi connectivity index (χ3n) is 4.61. The largest absolute Gasteiger partial charge is 0.479 e. The standard InChI is InChI=1S/C23H21NO5S2/c1-3-28-18(25)13-29-19-21-20(31-22(19)23(26)27-2)16-10-9-15(11-17(16)30-21)24-12-14-7-5-4-6-8-14/h4-11,24H,3,12-13H2,1-2H3. The van der Waals surface area contributed by atoms with Gasteiger partial charge in [-0.3, -0.25) is 0 Å². The van der Waals surface area contributed by atoms with Gasteiger partial charge in [-0.25, -0.2) is 9.59 Å². The van der Waals surface area contributed by atoms with E-state index in [1.807, 2.05) is 30.3 Å². The maximum absolute atomic E-state index is 12.3. The molecule has 0 unspecified atom stereocenters. The Hall–Kier alpha value is -3.10. The Kier molecular flexibility index (Phi) is 6.39. The predicted octanol–water partition coefficient (Wildman–Crippen LogP) is 5.46. The Morgan fingerprint density at radius 2 is 1.84 bits per heavy atom. The number of methoxy groups -OCH3 is 1. The van der Waals surface area contributed by atoms with Crippen molar-refractivity contribution in [2.24, 2.45) is 0 Å². The summed E-state index contributed by atoms with van der Waals surface area (Å²) in [5.74, 6) is -0.590. The lowest BCUT2D eigenvalue weighted by Crippen LogP contribution is -2.15. The van der Waals surface area contributed by atoms with Gasteiger partial charge in [0.15, 0.2) is 17.2 Å². The van der Waals surface area contributed by atoms with Crippen LogP contribution in [0.5, 0.6) is 5.75 Å². The van der Waals surface area contributed by atoms with E-state index in [4.69, 9.17) is 14.2 Å². The molecule has 0 bridgehead atoms. The van der Waals surface area contributed by atoms with Gasteiger partial charge in [0.25, 0.3) is 0 Å². The fourth-order valence-electron chi connectivity index (χ4n) is 3.18. The summed E-state index contributed by atoms with van der Waals surface area (Å²) < 4.78 is 18.4. The smallest absolute Gasteiger partial charge is 0.351 e. The third kappa shape index (κ3) is 4.50. The summed E-state index contributed by atoms with van der Waals surface area (Å²) >= 11 is 2.84. The minimum absolute atomic E-state index is 0.262. The molecule has 0 saturated carbocycles. The lowest BCUT2D eigenvalue weighted by molar-refractivity contribution is -0.145. The van der Waals surface area contributed by atoms with Crippen molar-refractivity contribution in [2.45, 2.75) is 13.5 Å². The Morgan fingerprint density at radius 1 is 1.03 bits per heavy atom. The second-order valence-corrected chi connectivity index (χ2v) is 8.73. The summed E-state index contributed by atoms with van der Waals surface area (Å²) in [4.78, 5) is 24.4. The second-order valence-electron chi connectivity index (χ2n) is 6.66. The highest BCUT2D eigenvalue weighted by atomic mass is 32.1. The van der Waals surface area contributed by atoms with Gasteiger partial charge in [0.1, 0.15) is 0 Å². The van der Waals surface area contributed by atoms with Crippen molar-refractivity contribution in [3.05, 3.63) is 59.0 Å². The first kappa shape index (κ1) is 21.1. The van der Waals surface area contributed by atoms with Crippen molar-refractivity contribution in [3.63, 3.8) is 0 Å². The van der Waals surface area contributed by atoms with Gasteiger partial charge < -0.3 is 19.5 Å². The zero-order chi connectivity index (χ0) is 21.8. The van der Waals surface area contributed by atoms with Crippen LogP contribution in [0.25, 0.3) is 19.5 Å². The van der Waals surface area contributed by atoms with Crippen LogP contribution in [0, 0.1) is 0 Å². The van der Waals surface area contributed by atoms with E-state index in [9.17, 15) is 9.59 Å². The van der Waals surface area contributed by atoms with Gasteiger partial charge in [0.05, 0.1) is 23.1 Å². The van der Waals surface area contributed by atoms with E-state index in [0.717, 1.165) is 31.7 Å². The van der Waals surface area contributed by atoms with E-state index in [1.54, 1.807) is 6.92 Å². The van der Waals surface area contributed by atoms with Gasteiger partial charge in [-0.2, -0.15) is 0 Å². The monoisotopic (exact) mass is 455 g/mol. The quantitative estimate of drug-likeness (QED) is 0.356. The van der Waals surface area contributed by atoms with Crippen LogP contribution in [0.4, 0.5) is 5.69 Å². The number of hydrogen-bond acceptors (Lipinski definition) is 8. The highest BCUT2D eigenvalue weighted by molar-refractivity contribution is 7.34. The molecule has 0 spiro atoms. The maximum Gasteiger partial charge on any atom is 0.351 e. The maximum atomic E-state index is 12.3. The summed E-state index contributed by atoms with van der Waals surface area (Å²) in [5, 5.41) is 4.47. The zero-order valence-corrected chi connectivity index (χ0v) is 18.7. The highest BCUT2D eigenvalue weighted by Gasteiger charge is 2.24. The minimum atomic E-state index is -0.485. The van der Waals surface area contributed by atoms with Gasteiger partial charge in [-0.1, -0.05) is 36.4 Å². The van der Waals surface area contributed by atoms with Crippen LogP contribution in [0.1, 0.15) is 22.2 Å². The Labute approximate surface area is 187 Å². The average molecular weight is 456 g/mol. The Morgan fingerprint density at radius 3 is 2.58 bits per heavy atom. The molecule has 2 aromatic carbocycles. The first-order valence-electron chi connectivity index (χ1n) is 9.74. The number of hydrogen-bond donors (Lipinski definition) is 1. The van der Waals surface area contributed by atoms with Gasteiger partial charge in [-0.05, 0) is 24.6 Å². The van der Waals surface area contributed by atoms with E-state index in [0.29, 0.717) is 10.6 Å². The van der Waals surface area contributed by atoms with E-state index < -0.39 is 11.9 Å². The molecule has 160 valence electrons. The molecular formula is C23H21NO5S2. The molecule has 2 aromatic heterocycles. The summed E-state index contributed by atoms with van der Waals surface area (Å²) in [6, 6.07) is 16.3. The summed E-state index contributed by atoms with van der Waals surface area (Å²) in [5.41, 5.74) is 2.21. The van der Waals surface area contributed by atoms with Crippen molar-refractivity contribution < 1.29 is 23.8 Å². The van der Waals surface area contributed by atoms with Crippen molar-refractivity contribution in [1.29, 1.82) is 0 Å². The van der Waals surface area contributed by atoms with Crippen molar-refractivity contribution in [3.8, 4) is 5.75 Å². The second kappa shape index (κ2) is 9.36. The molecule has 0 radical (unpaired) electrons. The zero-order valence-electron chi connectivity index (χ0n) is 17.1. The number of benzene rings is 2. The molecule has 0 aliphatic heterocycles. The highest BCUT2D eigenvalue weighted by Crippen LogP contribution is 2.47. The van der Waals surface area contributed by atoms with E-state index >= 15 is 0 Å². The molecule has 0 amide bonds. The molecule has 0 atom stereocenters. The van der Waals surface area contributed by atoms with Crippen LogP contribution in [0.15, 0.2) is 48.5 Å². The topological polar surface area (TPSA) is 73.9 Å². The van der Waals surface area contributed by atoms with Crippen molar-refractivity contribution >= 4 is 59.8 Å². The molecule has 4 rings (SSSR count). The normalized spacial score (nSPS) is 10.9. The number of carbonyl (C=O) groups excluding carboxylic acids is 2. The fourth-order valence-corrected chi connectivity index (χ4v) is 5.80. The summed E-state index contributed by atoms with van der Waals surface area (Å²) in [6.07, 6.45) is 0. The van der Waals surface area contributed by atoms with Gasteiger partial charge in [-0.15, -0.1) is 22.7 Å². The number of nitrogens with one attached hydrogen (secondary N) is 1. The Balaban J connectivity index is 1.65. The number of fused-ring (bicyclic) bond motifs is 3. The summed E-state index contributed by atoms with van der Waals surface area (Å²) in [6.45, 7) is 2.47. The van der Waals surface area contributed by atoms with Crippen LogP contribution in [-0.4, -0.2) is 32.3 Å². The van der Waals surface area contributed by atoms with E-state index in [2.05, 4.69) is 23.5 Å². The van der Waals surface area contributed by atoms with Crippen LogP contribution in [0.2, 0.25) is 0 Å². The number of carbonyl (C=O) groups is 2. The lowest BCUT2D eigenvalue weighted by atomic mass is 10.2. The van der Waals surface area contributed by atoms with Gasteiger partial charge in [0, 0.05) is 22.3 Å². The number of ether oxygens (including phenoxy) is 3. The molecule has 1 N–H and O–H groups in total. The van der Waals surface area contributed by atoms with Gasteiger partial charge >= 0.3 is 11.9 Å². The first-order valence-corrected chi connectivity index (χ1v) is 11.4. The van der Waals surface area contributed by atoms with Crippen LogP contribution in [0.3, 0.4) is 0 Å². The number of anilines is 1. The van der Waals surface area contributed by atoms with Crippen molar-refractivity contribution in [2.75, 3.05) is 25.6 Å². The first-order chi connectivity index (χ1) is 15.1. The third-order valence-corrected chi connectivity index (χ3v) is 7.08. The molecule has 6 nitrogen and oxygen atoms in total. The average Bonchev–Trinajstić information content (AvgIpc) is 3.32. The lowest BCUT2D eigenvalue weighted by Gasteiger charge is -2.07. The molecule has 2 heterocycles. The SMILES string of the molecule is CCOC(=O)COc1c(C(=O)OC)sc2c1sc1cc(NCc3ccccc3)ccc12. The number of thiophene rings is 2. The van der Waals surface area contributed by atoms with Crippen LogP contribution in [-0.2, 0) is 20.8 Å². The fraction of sp³-hybridized carbons (Fsp3) is 0.217. The number of esters is 2.